The quantitative estimate of drug-likeness (QED) is 0.0775. The fourth-order valence-corrected chi connectivity index (χ4v) is 11.7. The van der Waals surface area contributed by atoms with E-state index in [2.05, 4.69) is 15.0 Å². The molecule has 7 aromatic rings. The molecule has 0 bridgehead atoms. The van der Waals surface area contributed by atoms with E-state index in [1.807, 2.05) is 18.2 Å². The molecular formula is C46H51N9O9S3. The molecule has 0 saturated carbocycles. The first-order chi connectivity index (χ1) is 31.9. The van der Waals surface area contributed by atoms with Crippen LogP contribution in [0.1, 0.15) is 42.5 Å². The fraction of sp³-hybridized carbons (Fsp3) is 0.283. The molecule has 0 aliphatic carbocycles. The smallest absolute Gasteiger partial charge is 0.407 e. The van der Waals surface area contributed by atoms with Gasteiger partial charge in [0.25, 0.3) is 0 Å². The predicted octanol–water partition coefficient (Wildman–Crippen LogP) is 6.60. The molecule has 2 aromatic heterocycles. The van der Waals surface area contributed by atoms with Crippen LogP contribution in [0.5, 0.6) is 17.2 Å². The number of thiazole rings is 1. The number of sulfonamides is 2. The molecule has 0 unspecified atom stereocenters. The van der Waals surface area contributed by atoms with Gasteiger partial charge in [-0.15, -0.1) is 21.5 Å². The third kappa shape index (κ3) is 10.9. The van der Waals surface area contributed by atoms with Crippen molar-refractivity contribution >= 4 is 47.7 Å². The van der Waals surface area contributed by atoms with Crippen LogP contribution in [0, 0.1) is 0 Å². The number of benzene rings is 5. The van der Waals surface area contributed by atoms with Crippen molar-refractivity contribution < 1.29 is 40.9 Å². The highest BCUT2D eigenvalue weighted by molar-refractivity contribution is 7.92. The Bertz CT molecular complexity index is 3030. The van der Waals surface area contributed by atoms with Crippen molar-refractivity contribution in [3.05, 3.63) is 125 Å². The number of nitrogens with zero attached hydrogens (tertiary/aromatic N) is 7. The van der Waals surface area contributed by atoms with E-state index >= 15 is 8.42 Å². The Morgan fingerprint density at radius 2 is 1.36 bits per heavy atom. The number of hydrogen-bond acceptors (Lipinski definition) is 14. The van der Waals surface area contributed by atoms with Gasteiger partial charge in [0.15, 0.2) is 0 Å². The van der Waals surface area contributed by atoms with Crippen LogP contribution in [-0.2, 0) is 46.2 Å². The van der Waals surface area contributed by atoms with Gasteiger partial charge in [-0.05, 0) is 96.8 Å². The Labute approximate surface area is 393 Å². The number of hydrogen-bond donors (Lipinski definition) is 3. The Balaban J connectivity index is 1.50. The zero-order valence-corrected chi connectivity index (χ0v) is 40.2. The van der Waals surface area contributed by atoms with E-state index in [4.69, 9.17) is 30.0 Å². The number of fused-ring (bicyclic) bond motifs is 1. The molecular weight excluding hydrogens is 919 g/mol. The fourth-order valence-electron chi connectivity index (χ4n) is 7.39. The lowest BCUT2D eigenvalue weighted by Gasteiger charge is -2.33. The highest BCUT2D eigenvalue weighted by Gasteiger charge is 2.38. The van der Waals surface area contributed by atoms with Gasteiger partial charge < -0.3 is 30.0 Å². The van der Waals surface area contributed by atoms with E-state index in [1.165, 1.54) is 46.8 Å². The summed E-state index contributed by atoms with van der Waals surface area (Å²) < 4.78 is 82.4. The highest BCUT2D eigenvalue weighted by atomic mass is 32.2. The third-order valence-corrected chi connectivity index (χ3v) is 15.4. The Morgan fingerprint density at radius 1 is 0.791 bits per heavy atom. The summed E-state index contributed by atoms with van der Waals surface area (Å²) in [5.41, 5.74) is 8.13. The molecule has 4 N–H and O–H groups in total. The third-order valence-electron chi connectivity index (χ3n) is 10.8. The summed E-state index contributed by atoms with van der Waals surface area (Å²) in [6.07, 6.45) is -1.26. The number of carboxylic acid groups (broad SMARTS) is 1. The molecule has 2 heterocycles. The summed E-state index contributed by atoms with van der Waals surface area (Å²) in [4.78, 5) is 18.2. The number of methoxy groups -OCH3 is 3. The second-order valence-corrected chi connectivity index (χ2v) is 21.0. The number of carbonyl (C=O) groups is 1. The van der Waals surface area contributed by atoms with E-state index in [0.29, 0.717) is 44.5 Å². The largest absolute Gasteiger partial charge is 0.497 e. The Hall–Kier alpha value is -6.49. The molecule has 67 heavy (non-hydrogen) atoms. The van der Waals surface area contributed by atoms with Crippen LogP contribution < -0.4 is 24.7 Å². The Kier molecular flexibility index (Phi) is 14.6. The Morgan fingerprint density at radius 3 is 1.88 bits per heavy atom. The minimum Gasteiger partial charge on any atom is -0.497 e. The predicted molar refractivity (Wildman–Crippen MR) is 254 cm³/mol. The van der Waals surface area contributed by atoms with Gasteiger partial charge >= 0.3 is 6.09 Å². The number of para-hydroxylation sites is 1. The lowest BCUT2D eigenvalue weighted by Crippen LogP contribution is -2.48. The van der Waals surface area contributed by atoms with Crippen LogP contribution >= 0.6 is 11.3 Å². The molecule has 0 fully saturated rings. The van der Waals surface area contributed by atoms with Crippen molar-refractivity contribution in [3.63, 3.8) is 0 Å². The summed E-state index contributed by atoms with van der Waals surface area (Å²) in [5, 5.41) is 24.1. The van der Waals surface area contributed by atoms with Gasteiger partial charge in [-0.2, -0.15) is 9.10 Å². The lowest BCUT2D eigenvalue weighted by molar-refractivity contribution is 0.102. The minimum atomic E-state index is -4.96. The van der Waals surface area contributed by atoms with Crippen LogP contribution in [0.15, 0.2) is 113 Å². The summed E-state index contributed by atoms with van der Waals surface area (Å²) in [6, 6.07) is 29.0. The molecule has 21 heteroatoms. The molecule has 0 radical (unpaired) electrons. The first kappa shape index (κ1) is 48.4. The van der Waals surface area contributed by atoms with E-state index in [-0.39, 0.29) is 56.2 Å². The van der Waals surface area contributed by atoms with Gasteiger partial charge in [-0.25, -0.2) is 31.3 Å². The van der Waals surface area contributed by atoms with E-state index < -0.39 is 41.5 Å². The monoisotopic (exact) mass is 969 g/mol. The molecule has 0 aliphatic rings. The number of amides is 1. The second kappa shape index (κ2) is 20.2. The van der Waals surface area contributed by atoms with Gasteiger partial charge in [-0.3, -0.25) is 0 Å². The van der Waals surface area contributed by atoms with Crippen molar-refractivity contribution in [3.8, 4) is 39.8 Å². The number of ether oxygens (including phenoxy) is 3. The van der Waals surface area contributed by atoms with Crippen molar-refractivity contribution in [1.82, 2.24) is 39.1 Å². The van der Waals surface area contributed by atoms with Crippen LogP contribution in [0.3, 0.4) is 0 Å². The zero-order chi connectivity index (χ0) is 48.1. The van der Waals surface area contributed by atoms with E-state index in [1.54, 1.807) is 101 Å². The number of nitrogens with two attached hydrogens (primary N) is 1. The lowest BCUT2D eigenvalue weighted by atomic mass is 9.98. The molecule has 0 saturated heterocycles. The summed E-state index contributed by atoms with van der Waals surface area (Å²) in [5.74, 6) is 1.55. The number of rotatable bonds is 19. The average molecular weight is 970 g/mol. The van der Waals surface area contributed by atoms with Crippen molar-refractivity contribution in [2.75, 3.05) is 34.4 Å². The van der Waals surface area contributed by atoms with Crippen molar-refractivity contribution in [2.45, 2.75) is 62.3 Å². The molecule has 0 spiro atoms. The topological polar surface area (TPSA) is 234 Å². The minimum absolute atomic E-state index is 0.115. The normalized spacial score (nSPS) is 12.1. The molecule has 7 rings (SSSR count). The van der Waals surface area contributed by atoms with Gasteiger partial charge in [-0.1, -0.05) is 54.6 Å². The van der Waals surface area contributed by atoms with Crippen molar-refractivity contribution in [1.29, 1.82) is 0 Å². The van der Waals surface area contributed by atoms with Crippen LogP contribution in [0.2, 0.25) is 0 Å². The van der Waals surface area contributed by atoms with Gasteiger partial charge in [0.05, 0.1) is 43.7 Å². The number of aromatic nitrogens is 5. The molecule has 0 atom stereocenters. The maximum Gasteiger partial charge on any atom is 0.407 e. The van der Waals surface area contributed by atoms with Crippen LogP contribution in [0.4, 0.5) is 4.79 Å². The molecule has 18 nitrogen and oxygen atoms in total. The molecule has 0 aliphatic heterocycles. The highest BCUT2D eigenvalue weighted by Crippen LogP contribution is 2.43. The summed E-state index contributed by atoms with van der Waals surface area (Å²) >= 11 is 1.37. The first-order valence-electron chi connectivity index (χ1n) is 20.9. The van der Waals surface area contributed by atoms with Crippen LogP contribution in [-0.4, -0.2) is 102 Å². The van der Waals surface area contributed by atoms with E-state index in [0.717, 1.165) is 15.2 Å². The van der Waals surface area contributed by atoms with Gasteiger partial charge in [0.2, 0.25) is 25.9 Å². The zero-order valence-electron chi connectivity index (χ0n) is 37.7. The maximum absolute atomic E-state index is 16.1. The number of nitrogens with one attached hydrogen (secondary N) is 1. The summed E-state index contributed by atoms with van der Waals surface area (Å²) in [6.45, 7) is 4.24. The number of tetrazole rings is 1. The van der Waals surface area contributed by atoms with E-state index in [9.17, 15) is 18.3 Å². The summed E-state index contributed by atoms with van der Waals surface area (Å²) in [7, 11) is -5.16. The second-order valence-electron chi connectivity index (χ2n) is 16.2. The first-order valence-corrected chi connectivity index (χ1v) is 24.6. The standard InChI is InChI=1S/C46H51N9O9S3/c1-46(2,3)54(45(56)57)25-24-48-66(58,59)39-23-22-36(37-8-7-9-38-42(37)49-40(26-47)65-38)41(44-50-52-55(51-44)29-32-14-20-35(64-6)21-15-32)43(39)67(60,61)53(27-30-10-16-33(62-4)17-11-30)28-31-12-18-34(63-5)19-13-31/h7-23,48H,24-29,47H2,1-6H3,(H,56,57). The average Bonchev–Trinajstić information content (AvgIpc) is 3.97. The molecule has 1 amide bonds. The van der Waals surface area contributed by atoms with Crippen molar-refractivity contribution in [2.24, 2.45) is 5.73 Å². The van der Waals surface area contributed by atoms with Gasteiger partial charge in [0, 0.05) is 43.8 Å². The maximum atomic E-state index is 16.1. The molecule has 5 aromatic carbocycles. The van der Waals surface area contributed by atoms with Crippen LogP contribution in [0.25, 0.3) is 32.7 Å². The molecule has 352 valence electrons. The van der Waals surface area contributed by atoms with Gasteiger partial charge in [0.1, 0.15) is 32.0 Å². The SMILES string of the molecule is COc1ccc(CN(Cc2ccc(OC)cc2)S(=O)(=O)c2c(S(=O)(=O)NCCN(C(=O)O)C(C)(C)C)ccc(-c3cccc4sc(CN)nc34)c2-c2nnn(Cc3ccc(OC)cc3)n2)cc1.